The predicted molar refractivity (Wildman–Crippen MR) is 154 cm³/mol. The standard InChI is InChI=1S/C26H36N4O12S2/c1-23(2,3)41-21(37)27-11(17(33)39-7)9-43-25-13(15(31)29-19(25)35)14-16(32)30-20(36)26(14,25)44-10-12(18(34)40-8)28-22(38)42-24(4,5)6/h11-14H,9-10H2,1-8H3,(H,27,37)(H,28,38)(H,29,31,35)(H,30,32,36)/t11-,12-,13-,14-,25+,26+/m0/s1. The topological polar surface area (TPSA) is 222 Å². The van der Waals surface area contributed by atoms with E-state index in [1.165, 1.54) is 0 Å². The number of hydrogen-bond acceptors (Lipinski definition) is 14. The monoisotopic (exact) mass is 660 g/mol. The molecule has 18 heteroatoms. The van der Waals surface area contributed by atoms with E-state index in [9.17, 15) is 38.4 Å². The van der Waals surface area contributed by atoms with Crippen molar-refractivity contribution in [3.05, 3.63) is 0 Å². The van der Waals surface area contributed by atoms with Crippen LogP contribution in [0.25, 0.3) is 0 Å². The minimum atomic E-state index is -1.95. The Morgan fingerprint density at radius 3 is 1.30 bits per heavy atom. The van der Waals surface area contributed by atoms with Crippen LogP contribution >= 0.6 is 23.5 Å². The number of ether oxygens (including phenoxy) is 4. The molecule has 0 aromatic rings. The Kier molecular flexibility index (Phi) is 9.89. The van der Waals surface area contributed by atoms with Gasteiger partial charge in [-0.05, 0) is 41.5 Å². The normalized spacial score (nSPS) is 27.0. The van der Waals surface area contributed by atoms with Gasteiger partial charge in [0.15, 0.2) is 0 Å². The first-order chi connectivity index (χ1) is 20.2. The van der Waals surface area contributed by atoms with Crippen molar-refractivity contribution in [3.63, 3.8) is 0 Å². The molecule has 0 unspecified atom stereocenters. The molecule has 1 saturated carbocycles. The maximum absolute atomic E-state index is 13.5. The van der Waals surface area contributed by atoms with Crippen molar-refractivity contribution in [1.29, 1.82) is 0 Å². The minimum Gasteiger partial charge on any atom is -0.467 e. The molecule has 44 heavy (non-hydrogen) atoms. The highest BCUT2D eigenvalue weighted by atomic mass is 32.2. The molecule has 0 spiro atoms. The number of nitrogens with one attached hydrogen (secondary N) is 4. The molecule has 3 fully saturated rings. The molecule has 3 aliphatic rings. The van der Waals surface area contributed by atoms with Gasteiger partial charge >= 0.3 is 24.1 Å². The van der Waals surface area contributed by atoms with Gasteiger partial charge in [-0.3, -0.25) is 29.8 Å². The quantitative estimate of drug-likeness (QED) is 0.133. The molecule has 2 heterocycles. The fourth-order valence-corrected chi connectivity index (χ4v) is 8.90. The summed E-state index contributed by atoms with van der Waals surface area (Å²) < 4.78 is 16.1. The van der Waals surface area contributed by atoms with Crippen molar-refractivity contribution in [1.82, 2.24) is 21.3 Å². The summed E-state index contributed by atoms with van der Waals surface area (Å²) in [4.78, 5) is 103. The Hall–Kier alpha value is -3.54. The van der Waals surface area contributed by atoms with E-state index in [4.69, 9.17) is 18.9 Å². The second-order valence-corrected chi connectivity index (χ2v) is 14.7. The first-order valence-corrected chi connectivity index (χ1v) is 15.3. The van der Waals surface area contributed by atoms with Crippen LogP contribution in [-0.4, -0.2) is 106 Å². The highest BCUT2D eigenvalue weighted by Gasteiger charge is 2.88. The van der Waals surface area contributed by atoms with Gasteiger partial charge in [0.2, 0.25) is 23.6 Å². The van der Waals surface area contributed by atoms with E-state index in [2.05, 4.69) is 21.3 Å². The SMILES string of the molecule is COC(=O)[C@H](CS[C@@]12C(=O)NC(=O)[C@@H]1[C@H]1C(=O)NC(=O)[C@]12SC[C@H](NC(=O)OC(C)(C)C)C(=O)OC)NC(=O)OC(C)(C)C. The first-order valence-electron chi connectivity index (χ1n) is 13.4. The maximum atomic E-state index is 13.5. The Morgan fingerprint density at radius 1 is 0.705 bits per heavy atom. The average Bonchev–Trinajstić information content (AvgIpc) is 3.21. The summed E-state index contributed by atoms with van der Waals surface area (Å²) in [5.74, 6) is -8.63. The van der Waals surface area contributed by atoms with Crippen LogP contribution < -0.4 is 21.3 Å². The van der Waals surface area contributed by atoms with Crippen molar-refractivity contribution >= 4 is 71.3 Å². The summed E-state index contributed by atoms with van der Waals surface area (Å²) in [6.07, 6.45) is -1.93. The molecule has 6 atom stereocenters. The molecule has 244 valence electrons. The summed E-state index contributed by atoms with van der Waals surface area (Å²) in [5.41, 5.74) is -1.82. The Labute approximate surface area is 261 Å². The lowest BCUT2D eigenvalue weighted by molar-refractivity contribution is -0.143. The zero-order chi connectivity index (χ0) is 33.4. The van der Waals surface area contributed by atoms with Crippen LogP contribution in [0.1, 0.15) is 41.5 Å². The number of imide groups is 2. The number of methoxy groups -OCH3 is 2. The highest BCUT2D eigenvalue weighted by Crippen LogP contribution is 2.69. The zero-order valence-electron chi connectivity index (χ0n) is 25.4. The van der Waals surface area contributed by atoms with Gasteiger partial charge in [0.1, 0.15) is 32.8 Å². The van der Waals surface area contributed by atoms with Crippen LogP contribution in [0, 0.1) is 11.8 Å². The molecular weight excluding hydrogens is 624 g/mol. The fraction of sp³-hybridized carbons (Fsp3) is 0.692. The molecule has 1 aliphatic carbocycles. The van der Waals surface area contributed by atoms with Gasteiger partial charge in [0.25, 0.3) is 0 Å². The smallest absolute Gasteiger partial charge is 0.408 e. The van der Waals surface area contributed by atoms with E-state index in [0.29, 0.717) is 23.5 Å². The molecule has 16 nitrogen and oxygen atoms in total. The molecule has 3 rings (SSSR count). The molecule has 0 aromatic heterocycles. The predicted octanol–water partition coefficient (Wildman–Crippen LogP) is -0.378. The molecule has 6 amide bonds. The third-order valence-electron chi connectivity index (χ3n) is 6.78. The van der Waals surface area contributed by atoms with Crippen molar-refractivity contribution in [2.75, 3.05) is 25.7 Å². The molecule has 0 aromatic carbocycles. The van der Waals surface area contributed by atoms with Gasteiger partial charge in [-0.15, -0.1) is 23.5 Å². The van der Waals surface area contributed by atoms with E-state index in [-0.39, 0.29) is 11.5 Å². The van der Waals surface area contributed by atoms with Gasteiger partial charge in [0.05, 0.1) is 26.1 Å². The van der Waals surface area contributed by atoms with Crippen LogP contribution in [0.5, 0.6) is 0 Å². The number of amides is 6. The van der Waals surface area contributed by atoms with Crippen LogP contribution in [-0.2, 0) is 47.7 Å². The minimum absolute atomic E-state index is 0.379. The Morgan fingerprint density at radius 2 is 1.02 bits per heavy atom. The highest BCUT2D eigenvalue weighted by molar-refractivity contribution is 8.06. The number of esters is 2. The number of hydrogen-bond donors (Lipinski definition) is 4. The van der Waals surface area contributed by atoms with Gasteiger partial charge in [-0.1, -0.05) is 0 Å². The average molecular weight is 661 g/mol. The van der Waals surface area contributed by atoms with Crippen molar-refractivity contribution in [2.24, 2.45) is 11.8 Å². The van der Waals surface area contributed by atoms with Crippen molar-refractivity contribution < 1.29 is 57.3 Å². The summed E-state index contributed by atoms with van der Waals surface area (Å²) >= 11 is 1.41. The van der Waals surface area contributed by atoms with E-state index in [1.54, 1.807) is 41.5 Å². The summed E-state index contributed by atoms with van der Waals surface area (Å²) in [5, 5.41) is 9.09. The molecule has 2 aliphatic heterocycles. The molecule has 0 bridgehead atoms. The number of carbonyl (C=O) groups is 8. The van der Waals surface area contributed by atoms with Crippen LogP contribution in [0.15, 0.2) is 0 Å². The summed E-state index contributed by atoms with van der Waals surface area (Å²) in [6, 6.07) is -2.78. The van der Waals surface area contributed by atoms with Gasteiger partial charge in [-0.25, -0.2) is 19.2 Å². The van der Waals surface area contributed by atoms with Crippen LogP contribution in [0.4, 0.5) is 9.59 Å². The first kappa shape index (κ1) is 34.9. The molecule has 2 saturated heterocycles. The number of thioether (sulfide) groups is 2. The lowest BCUT2D eigenvalue weighted by atomic mass is 9.57. The maximum Gasteiger partial charge on any atom is 0.408 e. The van der Waals surface area contributed by atoms with Crippen molar-refractivity contribution in [3.8, 4) is 0 Å². The van der Waals surface area contributed by atoms with Gasteiger partial charge in [-0.2, -0.15) is 0 Å². The fourth-order valence-electron chi connectivity index (χ4n) is 5.17. The molecule has 4 N–H and O–H groups in total. The van der Waals surface area contributed by atoms with E-state index in [1.807, 2.05) is 0 Å². The Bertz CT molecular complexity index is 1180. The molecule has 0 radical (unpaired) electrons. The van der Waals surface area contributed by atoms with Gasteiger partial charge < -0.3 is 29.6 Å². The van der Waals surface area contributed by atoms with Gasteiger partial charge in [0, 0.05) is 11.5 Å². The number of alkyl carbamates (subject to hydrolysis) is 2. The third kappa shape index (κ3) is 6.45. The van der Waals surface area contributed by atoms with E-state index >= 15 is 0 Å². The lowest BCUT2D eigenvalue weighted by Crippen LogP contribution is -2.76. The second kappa shape index (κ2) is 12.5. The largest absolute Gasteiger partial charge is 0.467 e. The lowest BCUT2D eigenvalue weighted by Gasteiger charge is -2.57. The van der Waals surface area contributed by atoms with E-state index < -0.39 is 92.4 Å². The zero-order valence-corrected chi connectivity index (χ0v) is 27.1. The second-order valence-electron chi connectivity index (χ2n) is 12.1. The van der Waals surface area contributed by atoms with Crippen LogP contribution in [0.3, 0.4) is 0 Å². The number of fused-ring (bicyclic) bond motifs is 4. The third-order valence-corrected chi connectivity index (χ3v) is 10.3. The van der Waals surface area contributed by atoms with Crippen molar-refractivity contribution in [2.45, 2.75) is 74.3 Å². The Balaban J connectivity index is 1.97. The summed E-state index contributed by atoms with van der Waals surface area (Å²) in [7, 11) is 2.15. The number of rotatable bonds is 10. The van der Waals surface area contributed by atoms with Crippen LogP contribution in [0.2, 0.25) is 0 Å². The molecular formula is C26H36N4O12S2. The van der Waals surface area contributed by atoms with E-state index in [0.717, 1.165) is 14.2 Å². The summed E-state index contributed by atoms with van der Waals surface area (Å²) in [6.45, 7) is 9.65. The number of carbonyl (C=O) groups excluding carboxylic acids is 8.